The highest BCUT2D eigenvalue weighted by atomic mass is 79.9. The normalized spacial score (nSPS) is 10.4. The number of nitro groups is 1. The molecule has 140 valence electrons. The van der Waals surface area contributed by atoms with Crippen LogP contribution in [0.4, 0.5) is 5.69 Å². The molecule has 0 saturated heterocycles. The number of benzene rings is 2. The van der Waals surface area contributed by atoms with Crippen LogP contribution in [0, 0.1) is 10.1 Å². The number of ketones is 1. The molecule has 0 aliphatic heterocycles. The van der Waals surface area contributed by atoms with Gasteiger partial charge in [-0.15, -0.1) is 0 Å². The van der Waals surface area contributed by atoms with E-state index < -0.39 is 4.92 Å². The summed E-state index contributed by atoms with van der Waals surface area (Å²) in [5, 5.41) is 10.8. The predicted molar refractivity (Wildman–Crippen MR) is 100 cm³/mol. The van der Waals surface area contributed by atoms with Crippen molar-refractivity contribution < 1.29 is 31.1 Å². The van der Waals surface area contributed by atoms with Crippen molar-refractivity contribution in [3.63, 3.8) is 0 Å². The molecule has 28 heavy (non-hydrogen) atoms. The Hall–Kier alpha value is -3.32. The number of non-ortho nitro benzene ring substituents is 1. The van der Waals surface area contributed by atoms with Gasteiger partial charge in [0, 0.05) is 29.3 Å². The maximum Gasteiger partial charge on any atom is 0.287 e. The second-order valence-corrected chi connectivity index (χ2v) is 6.16. The minimum Gasteiger partial charge on any atom is -1.00 e. The lowest BCUT2D eigenvalue weighted by Crippen LogP contribution is -3.00. The number of Topliss-reactive ketones (excluding diaryl/α,β-unsaturated/α-hetero) is 1. The minimum atomic E-state index is -0.474. The van der Waals surface area contributed by atoms with Gasteiger partial charge in [-0.1, -0.05) is 36.4 Å². The largest absolute Gasteiger partial charge is 1.00 e. The van der Waals surface area contributed by atoms with Gasteiger partial charge in [0.1, 0.15) is 6.20 Å². The summed E-state index contributed by atoms with van der Waals surface area (Å²) in [6.45, 7) is 0.141. The topological polar surface area (TPSA) is 69.2 Å². The summed E-state index contributed by atoms with van der Waals surface area (Å²) in [5.74, 6) is -0.107. The summed E-state index contributed by atoms with van der Waals surface area (Å²) in [7, 11) is 0. The SMILES string of the molecule is O=C(Cn1c(-c2ccccc2)c[n+]2ccccc12)c1ccc([N+](=O)[O-])cc1.[Br-]. The lowest BCUT2D eigenvalue weighted by atomic mass is 10.1. The minimum absolute atomic E-state index is 0. The van der Waals surface area contributed by atoms with Gasteiger partial charge in [-0.3, -0.25) is 14.9 Å². The molecule has 2 aromatic heterocycles. The molecule has 2 aromatic carbocycles. The summed E-state index contributed by atoms with van der Waals surface area (Å²) in [6, 6.07) is 21.4. The van der Waals surface area contributed by atoms with E-state index in [1.165, 1.54) is 24.3 Å². The van der Waals surface area contributed by atoms with Crippen LogP contribution in [-0.4, -0.2) is 15.3 Å². The Morgan fingerprint density at radius 3 is 2.32 bits per heavy atom. The number of hydrogen-bond donors (Lipinski definition) is 0. The van der Waals surface area contributed by atoms with E-state index >= 15 is 0 Å². The van der Waals surface area contributed by atoms with Gasteiger partial charge in [-0.2, -0.15) is 0 Å². The first kappa shape index (κ1) is 19.4. The van der Waals surface area contributed by atoms with E-state index in [4.69, 9.17) is 0 Å². The van der Waals surface area contributed by atoms with E-state index in [1.807, 2.05) is 69.9 Å². The number of nitro benzene ring substituents is 1. The fourth-order valence-corrected chi connectivity index (χ4v) is 3.12. The number of hydrogen-bond acceptors (Lipinski definition) is 3. The second-order valence-electron chi connectivity index (χ2n) is 6.16. The first-order valence-electron chi connectivity index (χ1n) is 8.46. The molecule has 6 nitrogen and oxygen atoms in total. The third-order valence-electron chi connectivity index (χ3n) is 4.47. The Morgan fingerprint density at radius 2 is 1.64 bits per heavy atom. The number of pyridine rings is 1. The van der Waals surface area contributed by atoms with Gasteiger partial charge in [0.25, 0.3) is 11.3 Å². The van der Waals surface area contributed by atoms with Gasteiger partial charge < -0.3 is 17.0 Å². The van der Waals surface area contributed by atoms with Crippen LogP contribution < -0.4 is 21.4 Å². The van der Waals surface area contributed by atoms with Crippen LogP contribution in [0.5, 0.6) is 0 Å². The first-order chi connectivity index (χ1) is 13.1. The van der Waals surface area contributed by atoms with E-state index in [0.29, 0.717) is 5.56 Å². The van der Waals surface area contributed by atoms with E-state index in [-0.39, 0.29) is 35.0 Å². The molecule has 4 aromatic rings. The van der Waals surface area contributed by atoms with Gasteiger partial charge in [-0.05, 0) is 18.2 Å². The fraction of sp³-hybridized carbons (Fsp3) is 0.0476. The molecule has 0 atom stereocenters. The van der Waals surface area contributed by atoms with Gasteiger partial charge >= 0.3 is 0 Å². The van der Waals surface area contributed by atoms with Crippen LogP contribution in [0.3, 0.4) is 0 Å². The Balaban J connectivity index is 0.00000225. The Labute approximate surface area is 171 Å². The molecule has 0 aliphatic rings. The molecule has 0 unspecified atom stereocenters. The fourth-order valence-electron chi connectivity index (χ4n) is 3.12. The monoisotopic (exact) mass is 437 g/mol. The van der Waals surface area contributed by atoms with Crippen LogP contribution in [0.15, 0.2) is 85.2 Å². The number of carbonyl (C=O) groups excluding carboxylic acids is 1. The van der Waals surface area contributed by atoms with Gasteiger partial charge in [0.05, 0.1) is 11.1 Å². The van der Waals surface area contributed by atoms with Gasteiger partial charge in [-0.25, -0.2) is 8.97 Å². The van der Waals surface area contributed by atoms with Crippen molar-refractivity contribution in [2.24, 2.45) is 0 Å². The van der Waals surface area contributed by atoms with E-state index in [1.54, 1.807) is 0 Å². The van der Waals surface area contributed by atoms with Crippen molar-refractivity contribution in [1.82, 2.24) is 4.57 Å². The van der Waals surface area contributed by atoms with Crippen LogP contribution >= 0.6 is 0 Å². The maximum absolute atomic E-state index is 12.8. The third-order valence-corrected chi connectivity index (χ3v) is 4.47. The molecule has 0 fully saturated rings. The molecular formula is C21H16BrN3O3. The molecule has 0 amide bonds. The number of carbonyl (C=O) groups is 1. The molecule has 2 heterocycles. The van der Waals surface area contributed by atoms with Crippen molar-refractivity contribution in [3.8, 4) is 11.3 Å². The lowest BCUT2D eigenvalue weighted by molar-refractivity contribution is -0.510. The van der Waals surface area contributed by atoms with Crippen molar-refractivity contribution in [2.45, 2.75) is 6.54 Å². The van der Waals surface area contributed by atoms with Crippen molar-refractivity contribution in [2.75, 3.05) is 0 Å². The molecular weight excluding hydrogens is 422 g/mol. The predicted octanol–water partition coefficient (Wildman–Crippen LogP) is 0.689. The zero-order valence-corrected chi connectivity index (χ0v) is 16.3. The smallest absolute Gasteiger partial charge is 0.287 e. The van der Waals surface area contributed by atoms with E-state index in [0.717, 1.165) is 16.9 Å². The number of aromatic nitrogens is 2. The molecule has 7 heteroatoms. The standard InChI is InChI=1S/C21H16N3O3.BrH/c25-20(17-9-11-18(12-10-17)24(26)27)15-23-19(16-6-2-1-3-7-16)14-22-13-5-4-8-21(22)23;/h1-14H,15H2;1H/q+1;/p-1. The van der Waals surface area contributed by atoms with Crippen LogP contribution in [0.25, 0.3) is 16.9 Å². The molecule has 0 radical (unpaired) electrons. The number of nitrogens with zero attached hydrogens (tertiary/aromatic N) is 3. The van der Waals surface area contributed by atoms with Crippen LogP contribution in [0.1, 0.15) is 10.4 Å². The van der Waals surface area contributed by atoms with E-state index in [2.05, 4.69) is 0 Å². The van der Waals surface area contributed by atoms with Crippen molar-refractivity contribution in [1.29, 1.82) is 0 Å². The molecule has 0 bridgehead atoms. The van der Waals surface area contributed by atoms with Gasteiger partial charge in [0.15, 0.2) is 12.2 Å². The quantitative estimate of drug-likeness (QED) is 0.199. The number of rotatable bonds is 5. The summed E-state index contributed by atoms with van der Waals surface area (Å²) in [6.07, 6.45) is 3.93. The number of halogens is 1. The van der Waals surface area contributed by atoms with Crippen LogP contribution in [-0.2, 0) is 6.54 Å². The summed E-state index contributed by atoms with van der Waals surface area (Å²) in [4.78, 5) is 23.1. The maximum atomic E-state index is 12.8. The summed E-state index contributed by atoms with van der Waals surface area (Å²) in [5.41, 5.74) is 3.25. The molecule has 0 N–H and O–H groups in total. The summed E-state index contributed by atoms with van der Waals surface area (Å²) >= 11 is 0. The van der Waals surface area contributed by atoms with Crippen molar-refractivity contribution in [3.05, 3.63) is 101 Å². The van der Waals surface area contributed by atoms with Gasteiger partial charge in [0.2, 0.25) is 5.78 Å². The highest BCUT2D eigenvalue weighted by Crippen LogP contribution is 2.21. The van der Waals surface area contributed by atoms with Crippen molar-refractivity contribution >= 4 is 17.1 Å². The Morgan fingerprint density at radius 1 is 0.964 bits per heavy atom. The highest BCUT2D eigenvalue weighted by molar-refractivity contribution is 5.96. The third kappa shape index (κ3) is 3.70. The number of fused-ring (bicyclic) bond motifs is 1. The average Bonchev–Trinajstić information content (AvgIpc) is 3.07. The zero-order chi connectivity index (χ0) is 18.8. The molecule has 0 spiro atoms. The molecule has 0 saturated carbocycles. The first-order valence-corrected chi connectivity index (χ1v) is 8.46. The zero-order valence-electron chi connectivity index (χ0n) is 14.7. The molecule has 4 rings (SSSR count). The Bertz CT molecular complexity index is 1140. The van der Waals surface area contributed by atoms with E-state index in [9.17, 15) is 14.9 Å². The lowest BCUT2D eigenvalue weighted by Gasteiger charge is -2.03. The number of imidazole rings is 1. The molecule has 0 aliphatic carbocycles. The Kier molecular flexibility index (Phi) is 5.65. The van der Waals surface area contributed by atoms with Crippen LogP contribution in [0.2, 0.25) is 0 Å². The summed E-state index contributed by atoms with van der Waals surface area (Å²) < 4.78 is 3.94. The second kappa shape index (κ2) is 8.14. The average molecular weight is 438 g/mol. The highest BCUT2D eigenvalue weighted by Gasteiger charge is 2.22.